The average Bonchev–Trinajstić information content (AvgIpc) is 2.99. The van der Waals surface area contributed by atoms with Gasteiger partial charge in [-0.25, -0.2) is 4.79 Å². The van der Waals surface area contributed by atoms with E-state index in [0.29, 0.717) is 6.04 Å². The molecule has 0 bridgehead atoms. The van der Waals surface area contributed by atoms with Gasteiger partial charge in [0.05, 0.1) is 0 Å². The SMILES string of the molecule is CCSc1nc(=O)n(C2CCCC2)c2c1CCC2. The van der Waals surface area contributed by atoms with E-state index in [1.54, 1.807) is 11.8 Å². The lowest BCUT2D eigenvalue weighted by Gasteiger charge is -2.19. The van der Waals surface area contributed by atoms with Crippen LogP contribution in [0.15, 0.2) is 9.82 Å². The van der Waals surface area contributed by atoms with Gasteiger partial charge < -0.3 is 0 Å². The number of fused-ring (bicyclic) bond motifs is 1. The monoisotopic (exact) mass is 264 g/mol. The molecule has 1 aromatic heterocycles. The van der Waals surface area contributed by atoms with Crippen LogP contribution in [-0.4, -0.2) is 15.3 Å². The summed E-state index contributed by atoms with van der Waals surface area (Å²) in [7, 11) is 0. The van der Waals surface area contributed by atoms with Gasteiger partial charge in [0.1, 0.15) is 5.03 Å². The van der Waals surface area contributed by atoms with Gasteiger partial charge in [0.25, 0.3) is 0 Å². The van der Waals surface area contributed by atoms with Gasteiger partial charge >= 0.3 is 5.69 Å². The van der Waals surface area contributed by atoms with Gasteiger partial charge in [0.2, 0.25) is 0 Å². The molecule has 0 radical (unpaired) electrons. The van der Waals surface area contributed by atoms with E-state index in [9.17, 15) is 4.79 Å². The molecule has 1 fully saturated rings. The topological polar surface area (TPSA) is 34.9 Å². The third kappa shape index (κ3) is 2.00. The molecule has 0 amide bonds. The fraction of sp³-hybridized carbons (Fsp3) is 0.714. The largest absolute Gasteiger partial charge is 0.349 e. The van der Waals surface area contributed by atoms with Gasteiger partial charge in [0, 0.05) is 17.3 Å². The molecule has 4 heteroatoms. The van der Waals surface area contributed by atoms with Gasteiger partial charge in [-0.3, -0.25) is 4.57 Å². The molecular weight excluding hydrogens is 244 g/mol. The van der Waals surface area contributed by atoms with E-state index < -0.39 is 0 Å². The Morgan fingerprint density at radius 2 is 2.06 bits per heavy atom. The minimum Gasteiger partial charge on any atom is -0.293 e. The van der Waals surface area contributed by atoms with E-state index in [1.807, 2.05) is 4.57 Å². The maximum absolute atomic E-state index is 12.3. The maximum Gasteiger partial charge on any atom is 0.349 e. The number of thioether (sulfide) groups is 1. The lowest BCUT2D eigenvalue weighted by Crippen LogP contribution is -2.29. The van der Waals surface area contributed by atoms with Crippen molar-refractivity contribution < 1.29 is 0 Å². The normalized spacial score (nSPS) is 19.4. The van der Waals surface area contributed by atoms with E-state index in [2.05, 4.69) is 11.9 Å². The molecule has 0 saturated heterocycles. The van der Waals surface area contributed by atoms with Crippen LogP contribution in [0.1, 0.15) is 56.3 Å². The van der Waals surface area contributed by atoms with Crippen molar-refractivity contribution in [2.45, 2.75) is 62.9 Å². The van der Waals surface area contributed by atoms with Crippen molar-refractivity contribution in [1.29, 1.82) is 0 Å². The number of aromatic nitrogens is 2. The van der Waals surface area contributed by atoms with Crippen LogP contribution in [0.3, 0.4) is 0 Å². The van der Waals surface area contributed by atoms with Crippen molar-refractivity contribution in [2.75, 3.05) is 5.75 Å². The highest BCUT2D eigenvalue weighted by Crippen LogP contribution is 2.34. The fourth-order valence-electron chi connectivity index (χ4n) is 3.34. The Kier molecular flexibility index (Phi) is 3.46. The minimum absolute atomic E-state index is 0.00139. The number of hydrogen-bond acceptors (Lipinski definition) is 3. The van der Waals surface area contributed by atoms with Gasteiger partial charge in [0.15, 0.2) is 0 Å². The first-order valence-electron chi connectivity index (χ1n) is 7.08. The summed E-state index contributed by atoms with van der Waals surface area (Å²) in [6.07, 6.45) is 8.21. The molecule has 2 aliphatic carbocycles. The Hall–Kier alpha value is -0.770. The zero-order valence-corrected chi connectivity index (χ0v) is 11.8. The minimum atomic E-state index is -0.00139. The molecule has 0 spiro atoms. The molecule has 0 aliphatic heterocycles. The van der Waals surface area contributed by atoms with E-state index >= 15 is 0 Å². The van der Waals surface area contributed by atoms with Gasteiger partial charge in [-0.05, 0) is 37.9 Å². The van der Waals surface area contributed by atoms with Crippen molar-refractivity contribution in [2.24, 2.45) is 0 Å². The highest BCUT2D eigenvalue weighted by atomic mass is 32.2. The first kappa shape index (κ1) is 12.3. The summed E-state index contributed by atoms with van der Waals surface area (Å²) in [6, 6.07) is 0.428. The van der Waals surface area contributed by atoms with Gasteiger partial charge in [-0.1, -0.05) is 19.8 Å². The second-order valence-corrected chi connectivity index (χ2v) is 6.47. The Labute approximate surface area is 112 Å². The Morgan fingerprint density at radius 3 is 2.78 bits per heavy atom. The summed E-state index contributed by atoms with van der Waals surface area (Å²) < 4.78 is 2.04. The second-order valence-electron chi connectivity index (χ2n) is 5.22. The predicted molar refractivity (Wildman–Crippen MR) is 74.4 cm³/mol. The molecule has 2 aliphatic rings. The standard InChI is InChI=1S/C14H20N2OS/c1-2-18-13-11-8-5-9-12(11)16(14(17)15-13)10-6-3-4-7-10/h10H,2-9H2,1H3. The maximum atomic E-state index is 12.3. The van der Waals surface area contributed by atoms with Crippen LogP contribution in [0.2, 0.25) is 0 Å². The number of nitrogens with zero attached hydrogens (tertiary/aromatic N) is 2. The lowest BCUT2D eigenvalue weighted by atomic mass is 10.2. The van der Waals surface area contributed by atoms with Crippen LogP contribution in [0.5, 0.6) is 0 Å². The molecule has 3 nitrogen and oxygen atoms in total. The van der Waals surface area contributed by atoms with Crippen molar-refractivity contribution >= 4 is 11.8 Å². The molecule has 0 N–H and O–H groups in total. The molecule has 18 heavy (non-hydrogen) atoms. The number of rotatable bonds is 3. The van der Waals surface area contributed by atoms with Gasteiger partial charge in [-0.2, -0.15) is 4.98 Å². The molecular formula is C14H20N2OS. The van der Waals surface area contributed by atoms with Crippen LogP contribution in [0.4, 0.5) is 0 Å². The van der Waals surface area contributed by atoms with E-state index in [1.165, 1.54) is 30.5 Å². The van der Waals surface area contributed by atoms with Crippen molar-refractivity contribution in [3.05, 3.63) is 21.7 Å². The van der Waals surface area contributed by atoms with Crippen molar-refractivity contribution in [3.63, 3.8) is 0 Å². The highest BCUT2D eigenvalue weighted by molar-refractivity contribution is 7.99. The first-order chi connectivity index (χ1) is 8.81. The first-order valence-corrected chi connectivity index (χ1v) is 8.07. The zero-order chi connectivity index (χ0) is 12.5. The van der Waals surface area contributed by atoms with Crippen LogP contribution in [0.25, 0.3) is 0 Å². The van der Waals surface area contributed by atoms with Crippen LogP contribution < -0.4 is 5.69 Å². The van der Waals surface area contributed by atoms with Crippen LogP contribution in [-0.2, 0) is 12.8 Å². The Bertz CT molecular complexity index is 503. The van der Waals surface area contributed by atoms with Gasteiger partial charge in [-0.15, -0.1) is 11.8 Å². The third-order valence-electron chi connectivity index (χ3n) is 4.11. The molecule has 98 valence electrons. The second kappa shape index (κ2) is 5.08. The summed E-state index contributed by atoms with van der Waals surface area (Å²) >= 11 is 1.72. The van der Waals surface area contributed by atoms with Crippen molar-refractivity contribution in [1.82, 2.24) is 9.55 Å². The van der Waals surface area contributed by atoms with Crippen LogP contribution in [0, 0.1) is 0 Å². The molecule has 0 atom stereocenters. The quantitative estimate of drug-likeness (QED) is 0.622. The van der Waals surface area contributed by atoms with E-state index in [4.69, 9.17) is 0 Å². The highest BCUT2D eigenvalue weighted by Gasteiger charge is 2.27. The average molecular weight is 264 g/mol. The smallest absolute Gasteiger partial charge is 0.293 e. The summed E-state index contributed by atoms with van der Waals surface area (Å²) in [4.78, 5) is 16.6. The Morgan fingerprint density at radius 1 is 1.28 bits per heavy atom. The summed E-state index contributed by atoms with van der Waals surface area (Å²) in [5.41, 5.74) is 2.67. The molecule has 3 rings (SSSR count). The molecule has 1 heterocycles. The molecule has 0 unspecified atom stereocenters. The molecule has 1 saturated carbocycles. The fourth-order valence-corrected chi connectivity index (χ4v) is 4.15. The summed E-state index contributed by atoms with van der Waals surface area (Å²) in [5, 5.41) is 1.00. The third-order valence-corrected chi connectivity index (χ3v) is 5.01. The van der Waals surface area contributed by atoms with E-state index in [-0.39, 0.29) is 5.69 Å². The summed E-state index contributed by atoms with van der Waals surface area (Å²) in [5.74, 6) is 0.992. The van der Waals surface area contributed by atoms with Crippen LogP contribution >= 0.6 is 11.8 Å². The Balaban J connectivity index is 2.09. The number of hydrogen-bond donors (Lipinski definition) is 0. The molecule has 0 aromatic carbocycles. The van der Waals surface area contributed by atoms with E-state index in [0.717, 1.165) is 36.5 Å². The zero-order valence-electron chi connectivity index (χ0n) is 10.9. The lowest BCUT2D eigenvalue weighted by molar-refractivity contribution is 0.471. The molecule has 1 aromatic rings. The predicted octanol–water partition coefficient (Wildman–Crippen LogP) is 2.96. The van der Waals surface area contributed by atoms with Crippen molar-refractivity contribution in [3.8, 4) is 0 Å². The summed E-state index contributed by atoms with van der Waals surface area (Å²) in [6.45, 7) is 2.12.